The first kappa shape index (κ1) is 57.8. The lowest BCUT2D eigenvalue weighted by atomic mass is 9.72. The zero-order valence-electron chi connectivity index (χ0n) is 51.5. The van der Waals surface area contributed by atoms with Crippen molar-refractivity contribution in [3.63, 3.8) is 0 Å². The predicted octanol–water partition coefficient (Wildman–Crippen LogP) is 21.7. The summed E-state index contributed by atoms with van der Waals surface area (Å²) in [5.41, 5.74) is 21.4. The fourth-order valence-electron chi connectivity index (χ4n) is 13.2. The van der Waals surface area contributed by atoms with Crippen LogP contribution in [0.4, 0.5) is 11.4 Å². The minimum atomic E-state index is 0.0627. The van der Waals surface area contributed by atoms with E-state index in [2.05, 4.69) is 278 Å². The Hall–Kier alpha value is -5.86. The molecule has 0 spiro atoms. The van der Waals surface area contributed by atoms with Gasteiger partial charge in [0.05, 0.1) is 0 Å². The Morgan fingerprint density at radius 1 is 0.709 bits per heavy atom. The zero-order valence-corrected chi connectivity index (χ0v) is 51.5. The van der Waals surface area contributed by atoms with Gasteiger partial charge < -0.3 is 9.80 Å². The van der Waals surface area contributed by atoms with E-state index in [1.165, 1.54) is 97.0 Å². The molecule has 0 saturated heterocycles. The van der Waals surface area contributed by atoms with E-state index in [4.69, 9.17) is 0 Å². The van der Waals surface area contributed by atoms with E-state index in [1.54, 1.807) is 0 Å². The van der Waals surface area contributed by atoms with Crippen molar-refractivity contribution in [2.75, 3.05) is 11.4 Å². The van der Waals surface area contributed by atoms with Gasteiger partial charge in [-0.05, 0) is 201 Å². The van der Waals surface area contributed by atoms with Crippen molar-refractivity contribution in [3.05, 3.63) is 225 Å². The standard InChI is InChI=1S/C77H98N2/c1-16-22-61(74(4,5)6)27-21-48-78(65-40-33-62(34-41-65)75(7,8)9)68-39-28-53(2)71(51-68)73(60-32-30-56-24-18-20-26-59(56)50-60)70-47-46-69(52-72(70)54(3)57-31-29-55-23-17-19-25-58(55)49-57)79(66-42-35-63(36-43-66)76(10,11)12)67-44-37-64(38-45-67)77(13,14)15/h18-21,24-33,35-37,39-44,46-47,51-54,57,60-62H,16-17,22-23,34,38,45,48-50H2,1-15H3/b27-21-,73-71-. The molecule has 0 N–H and O–H groups in total. The second-order valence-electron chi connectivity index (χ2n) is 28.5. The first-order valence-electron chi connectivity index (χ1n) is 30.7. The van der Waals surface area contributed by atoms with Crippen LogP contribution in [-0.2, 0) is 11.8 Å². The Morgan fingerprint density at radius 3 is 2.13 bits per heavy atom. The Labute approximate surface area is 480 Å². The van der Waals surface area contributed by atoms with Crippen LogP contribution in [0.15, 0.2) is 197 Å². The van der Waals surface area contributed by atoms with Crippen LogP contribution in [0.1, 0.15) is 189 Å². The maximum Gasteiger partial charge on any atom is 0.0461 e. The summed E-state index contributed by atoms with van der Waals surface area (Å²) in [6.07, 6.45) is 49.5. The number of hydrogen-bond acceptors (Lipinski definition) is 2. The molecule has 6 atom stereocenters. The number of allylic oxidation sites excluding steroid dienone is 20. The predicted molar refractivity (Wildman–Crippen MR) is 344 cm³/mol. The molecule has 0 fully saturated rings. The van der Waals surface area contributed by atoms with Crippen LogP contribution in [-0.4, -0.2) is 11.4 Å². The fraction of sp³-hybridized carbons (Fsp3) is 0.455. The molecule has 0 radical (unpaired) electrons. The number of anilines is 2. The van der Waals surface area contributed by atoms with Crippen LogP contribution < -0.4 is 4.90 Å². The van der Waals surface area contributed by atoms with Gasteiger partial charge in [0.25, 0.3) is 0 Å². The van der Waals surface area contributed by atoms with Crippen LogP contribution in [0.5, 0.6) is 0 Å². The Balaban J connectivity index is 1.26. The monoisotopic (exact) mass is 1050 g/mol. The van der Waals surface area contributed by atoms with Crippen molar-refractivity contribution in [1.29, 1.82) is 0 Å². The molecule has 416 valence electrons. The molecule has 0 aromatic heterocycles. The van der Waals surface area contributed by atoms with Gasteiger partial charge in [0.15, 0.2) is 0 Å². The maximum atomic E-state index is 2.63. The minimum absolute atomic E-state index is 0.0627. The number of nitrogens with zero attached hydrogens (tertiary/aromatic N) is 2. The van der Waals surface area contributed by atoms with Gasteiger partial charge in [0.1, 0.15) is 0 Å². The summed E-state index contributed by atoms with van der Waals surface area (Å²) < 4.78 is 0. The van der Waals surface area contributed by atoms with Crippen LogP contribution in [0.2, 0.25) is 0 Å². The van der Waals surface area contributed by atoms with Crippen molar-refractivity contribution in [2.24, 2.45) is 45.8 Å². The second kappa shape index (κ2) is 23.7. The lowest BCUT2D eigenvalue weighted by molar-refractivity contribution is 0.275. The van der Waals surface area contributed by atoms with Gasteiger partial charge in [-0.2, -0.15) is 0 Å². The van der Waals surface area contributed by atoms with E-state index in [0.29, 0.717) is 17.8 Å². The van der Waals surface area contributed by atoms with Gasteiger partial charge in [0, 0.05) is 40.9 Å². The molecular weight excluding hydrogens is 953 g/mol. The molecule has 0 heterocycles. The molecule has 3 aromatic rings. The summed E-state index contributed by atoms with van der Waals surface area (Å²) >= 11 is 0. The van der Waals surface area contributed by atoms with Crippen LogP contribution >= 0.6 is 0 Å². The molecule has 2 heteroatoms. The lowest BCUT2D eigenvalue weighted by Crippen LogP contribution is -2.27. The van der Waals surface area contributed by atoms with Crippen LogP contribution in [0.3, 0.4) is 0 Å². The highest BCUT2D eigenvalue weighted by Gasteiger charge is 2.33. The second-order valence-corrected chi connectivity index (χ2v) is 28.5. The minimum Gasteiger partial charge on any atom is -0.338 e. The van der Waals surface area contributed by atoms with E-state index >= 15 is 0 Å². The first-order chi connectivity index (χ1) is 37.5. The van der Waals surface area contributed by atoms with Crippen LogP contribution in [0.25, 0.3) is 11.6 Å². The topological polar surface area (TPSA) is 6.48 Å². The summed E-state index contributed by atoms with van der Waals surface area (Å²) in [5, 5.41) is 0. The summed E-state index contributed by atoms with van der Waals surface area (Å²) in [4.78, 5) is 5.22. The van der Waals surface area contributed by atoms with Gasteiger partial charge in [-0.1, -0.05) is 231 Å². The van der Waals surface area contributed by atoms with Gasteiger partial charge in [-0.25, -0.2) is 0 Å². The number of hydrogen-bond donors (Lipinski definition) is 0. The van der Waals surface area contributed by atoms with E-state index in [9.17, 15) is 0 Å². The summed E-state index contributed by atoms with van der Waals surface area (Å²) in [6, 6.07) is 26.3. The molecule has 0 saturated carbocycles. The molecule has 79 heavy (non-hydrogen) atoms. The number of rotatable bonds is 14. The van der Waals surface area contributed by atoms with E-state index in [0.717, 1.165) is 51.5 Å². The van der Waals surface area contributed by atoms with Crippen molar-refractivity contribution < 1.29 is 0 Å². The van der Waals surface area contributed by atoms with E-state index < -0.39 is 0 Å². The molecule has 3 aromatic carbocycles. The van der Waals surface area contributed by atoms with Crippen molar-refractivity contribution >= 4 is 23.0 Å². The maximum absolute atomic E-state index is 2.63. The molecule has 0 aliphatic heterocycles. The Kier molecular flexibility index (Phi) is 17.3. The van der Waals surface area contributed by atoms with Gasteiger partial charge in [-0.15, -0.1) is 0 Å². The van der Waals surface area contributed by atoms with Gasteiger partial charge in [-0.3, -0.25) is 0 Å². The Morgan fingerprint density at radius 2 is 1.46 bits per heavy atom. The molecule has 6 unspecified atom stereocenters. The highest BCUT2D eigenvalue weighted by molar-refractivity contribution is 5.82. The first-order valence-corrected chi connectivity index (χ1v) is 30.7. The lowest BCUT2D eigenvalue weighted by Gasteiger charge is -2.36. The molecule has 0 bridgehead atoms. The third kappa shape index (κ3) is 13.3. The van der Waals surface area contributed by atoms with Crippen molar-refractivity contribution in [3.8, 4) is 0 Å². The quantitative estimate of drug-likeness (QED) is 0.149. The zero-order chi connectivity index (χ0) is 56.4. The van der Waals surface area contributed by atoms with Crippen molar-refractivity contribution in [2.45, 2.75) is 173 Å². The molecule has 6 aliphatic rings. The third-order valence-electron chi connectivity index (χ3n) is 18.6. The third-order valence-corrected chi connectivity index (χ3v) is 18.6. The highest BCUT2D eigenvalue weighted by atomic mass is 15.2. The largest absolute Gasteiger partial charge is 0.338 e. The van der Waals surface area contributed by atoms with Crippen molar-refractivity contribution in [1.82, 2.24) is 4.90 Å². The molecule has 6 aliphatic carbocycles. The summed E-state index contributed by atoms with van der Waals surface area (Å²) in [5.74, 6) is 2.03. The molecule has 0 amide bonds. The molecular formula is C77H98N2. The van der Waals surface area contributed by atoms with E-state index in [1.807, 2.05) is 0 Å². The van der Waals surface area contributed by atoms with Crippen LogP contribution in [0, 0.1) is 45.8 Å². The number of fused-ring (bicyclic) bond motifs is 1. The summed E-state index contributed by atoms with van der Waals surface area (Å²) in [7, 11) is 0. The highest BCUT2D eigenvalue weighted by Crippen LogP contribution is 2.49. The van der Waals surface area contributed by atoms with Gasteiger partial charge >= 0.3 is 0 Å². The Bertz CT molecular complexity index is 3090. The molecule has 2 nitrogen and oxygen atoms in total. The van der Waals surface area contributed by atoms with Gasteiger partial charge in [0.2, 0.25) is 0 Å². The normalized spacial score (nSPS) is 22.9. The smallest absolute Gasteiger partial charge is 0.0461 e. The average molecular weight is 1050 g/mol. The number of benzene rings is 3. The molecule has 9 rings (SSSR count). The fourth-order valence-corrected chi connectivity index (χ4v) is 13.2. The summed E-state index contributed by atoms with van der Waals surface area (Å²) in [6.45, 7) is 36.5. The average Bonchev–Trinajstić information content (AvgIpc) is 3.42. The van der Waals surface area contributed by atoms with E-state index in [-0.39, 0.29) is 39.4 Å². The SMILES string of the molecule is CCCC(/C=C\CN(C1=CCC(C(C)(C)C)C=C1)C1=C/C(=C(/c2ccc(N(C3=CC=C(C(C)(C)C)CC3)c3ccc(C(C)(C)C)cc3)cc2C(C)C2C=CC3=C(C=CCC3)C2)C2C=Cc3ccccc3C2)C(C)C=C1)C(C)(C)C.